The number of benzene rings is 2. The number of hydrogen-bond donors (Lipinski definition) is 1. The Bertz CT molecular complexity index is 853. The monoisotopic (exact) mass is 399 g/mol. The van der Waals surface area contributed by atoms with Gasteiger partial charge in [-0.3, -0.25) is 4.90 Å². The molecule has 130 valence electrons. The van der Waals surface area contributed by atoms with Crippen molar-refractivity contribution in [3.05, 3.63) is 52.5 Å². The lowest BCUT2D eigenvalue weighted by atomic mass is 10.1. The number of H-pyrrole nitrogens is 1. The Hall–Kier alpha value is -1.69. The van der Waals surface area contributed by atoms with Crippen molar-refractivity contribution in [1.82, 2.24) is 14.9 Å². The lowest BCUT2D eigenvalue weighted by molar-refractivity contribution is 0.0407. The number of hydrogen-bond acceptors (Lipinski definition) is 3. The first-order valence-corrected chi connectivity index (χ1v) is 9.51. The van der Waals surface area contributed by atoms with Crippen LogP contribution >= 0.6 is 15.9 Å². The second-order valence-electron chi connectivity index (χ2n) is 6.70. The number of aromatic amines is 1. The first kappa shape index (κ1) is 16.8. The van der Waals surface area contributed by atoms with Gasteiger partial charge in [0.25, 0.3) is 0 Å². The van der Waals surface area contributed by atoms with Crippen LogP contribution in [-0.4, -0.2) is 41.2 Å². The van der Waals surface area contributed by atoms with Gasteiger partial charge in [0.15, 0.2) is 0 Å². The SMILES string of the molecule is CN(Cc1ccc(-c2nc3ccc(Br)cc3[nH]2)cc1)C1CCOCC1. The molecule has 1 aromatic heterocycles. The van der Waals surface area contributed by atoms with Gasteiger partial charge in [-0.15, -0.1) is 0 Å². The van der Waals surface area contributed by atoms with Crippen LogP contribution in [0.3, 0.4) is 0 Å². The average Bonchev–Trinajstić information content (AvgIpc) is 3.06. The standard InChI is InChI=1S/C20H22BrN3O/c1-24(17-8-10-25-11-9-17)13-14-2-4-15(5-3-14)20-22-18-7-6-16(21)12-19(18)23-20/h2-7,12,17H,8-11,13H2,1H3,(H,22,23). The maximum absolute atomic E-state index is 5.46. The highest BCUT2D eigenvalue weighted by atomic mass is 79.9. The Morgan fingerprint density at radius 1 is 1.16 bits per heavy atom. The van der Waals surface area contributed by atoms with Gasteiger partial charge in [-0.05, 0) is 43.7 Å². The third-order valence-corrected chi connectivity index (χ3v) is 5.41. The fourth-order valence-corrected chi connectivity index (χ4v) is 3.79. The summed E-state index contributed by atoms with van der Waals surface area (Å²) in [5.41, 5.74) is 4.48. The fraction of sp³-hybridized carbons (Fsp3) is 0.350. The summed E-state index contributed by atoms with van der Waals surface area (Å²) in [5, 5.41) is 0. The molecular weight excluding hydrogens is 378 g/mol. The topological polar surface area (TPSA) is 41.2 Å². The van der Waals surface area contributed by atoms with Crippen LogP contribution in [0.4, 0.5) is 0 Å². The minimum Gasteiger partial charge on any atom is -0.381 e. The van der Waals surface area contributed by atoms with Gasteiger partial charge in [-0.2, -0.15) is 0 Å². The van der Waals surface area contributed by atoms with Gasteiger partial charge in [-0.25, -0.2) is 4.98 Å². The number of fused-ring (bicyclic) bond motifs is 1. The Kier molecular flexibility index (Phi) is 4.88. The van der Waals surface area contributed by atoms with Crippen LogP contribution in [0.15, 0.2) is 46.9 Å². The van der Waals surface area contributed by atoms with Crippen LogP contribution in [0.2, 0.25) is 0 Å². The van der Waals surface area contributed by atoms with Crippen LogP contribution in [0.1, 0.15) is 18.4 Å². The predicted molar refractivity (Wildman–Crippen MR) is 105 cm³/mol. The van der Waals surface area contributed by atoms with Gasteiger partial charge in [0.05, 0.1) is 11.0 Å². The second-order valence-corrected chi connectivity index (χ2v) is 7.62. The van der Waals surface area contributed by atoms with E-state index < -0.39 is 0 Å². The normalized spacial score (nSPS) is 16.0. The summed E-state index contributed by atoms with van der Waals surface area (Å²) in [7, 11) is 2.21. The lowest BCUT2D eigenvalue weighted by Crippen LogP contribution is -2.36. The molecule has 1 N–H and O–H groups in total. The Morgan fingerprint density at radius 3 is 2.68 bits per heavy atom. The van der Waals surface area contributed by atoms with E-state index in [-0.39, 0.29) is 0 Å². The molecule has 0 amide bonds. The Balaban J connectivity index is 1.48. The molecule has 2 aromatic carbocycles. The molecule has 3 aromatic rings. The highest BCUT2D eigenvalue weighted by Gasteiger charge is 2.18. The Morgan fingerprint density at radius 2 is 1.92 bits per heavy atom. The second kappa shape index (κ2) is 7.28. The number of nitrogens with zero attached hydrogens (tertiary/aromatic N) is 2. The van der Waals surface area contributed by atoms with E-state index >= 15 is 0 Å². The van der Waals surface area contributed by atoms with E-state index in [0.29, 0.717) is 6.04 Å². The molecule has 0 radical (unpaired) electrons. The fourth-order valence-electron chi connectivity index (χ4n) is 3.43. The van der Waals surface area contributed by atoms with Gasteiger partial charge in [-0.1, -0.05) is 40.2 Å². The third-order valence-electron chi connectivity index (χ3n) is 4.92. The predicted octanol–water partition coefficient (Wildman–Crippen LogP) is 4.60. The minimum absolute atomic E-state index is 0.627. The molecule has 0 bridgehead atoms. The summed E-state index contributed by atoms with van der Waals surface area (Å²) < 4.78 is 6.51. The molecule has 2 heterocycles. The molecular formula is C20H22BrN3O. The first-order valence-electron chi connectivity index (χ1n) is 8.71. The quantitative estimate of drug-likeness (QED) is 0.696. The van der Waals surface area contributed by atoms with Crippen molar-refractivity contribution in [2.45, 2.75) is 25.4 Å². The summed E-state index contributed by atoms with van der Waals surface area (Å²) in [4.78, 5) is 10.5. The van der Waals surface area contributed by atoms with Crippen molar-refractivity contribution >= 4 is 27.0 Å². The zero-order chi connectivity index (χ0) is 17.2. The molecule has 5 heteroatoms. The Labute approximate surface area is 156 Å². The van der Waals surface area contributed by atoms with Crippen molar-refractivity contribution in [3.8, 4) is 11.4 Å². The van der Waals surface area contributed by atoms with E-state index in [4.69, 9.17) is 4.74 Å². The number of ether oxygens (including phenoxy) is 1. The van der Waals surface area contributed by atoms with E-state index in [2.05, 4.69) is 68.2 Å². The van der Waals surface area contributed by atoms with Crippen LogP contribution in [0.5, 0.6) is 0 Å². The zero-order valence-corrected chi connectivity index (χ0v) is 15.9. The molecule has 0 atom stereocenters. The smallest absolute Gasteiger partial charge is 0.138 e. The minimum atomic E-state index is 0.627. The number of halogens is 1. The van der Waals surface area contributed by atoms with E-state index in [1.807, 2.05) is 12.1 Å². The maximum atomic E-state index is 5.46. The van der Waals surface area contributed by atoms with E-state index in [1.54, 1.807) is 0 Å². The summed E-state index contributed by atoms with van der Waals surface area (Å²) in [5.74, 6) is 0.914. The molecule has 4 rings (SSSR count). The van der Waals surface area contributed by atoms with Gasteiger partial charge >= 0.3 is 0 Å². The summed E-state index contributed by atoms with van der Waals surface area (Å²) >= 11 is 3.50. The molecule has 0 spiro atoms. The van der Waals surface area contributed by atoms with Gasteiger partial charge in [0.1, 0.15) is 5.82 Å². The van der Waals surface area contributed by atoms with Crippen molar-refractivity contribution in [2.75, 3.05) is 20.3 Å². The first-order chi connectivity index (χ1) is 12.2. The van der Waals surface area contributed by atoms with Gasteiger partial charge < -0.3 is 9.72 Å². The van der Waals surface area contributed by atoms with Gasteiger partial charge in [0, 0.05) is 35.8 Å². The van der Waals surface area contributed by atoms with Crippen molar-refractivity contribution in [3.63, 3.8) is 0 Å². The number of aromatic nitrogens is 2. The molecule has 0 aliphatic carbocycles. The maximum Gasteiger partial charge on any atom is 0.138 e. The average molecular weight is 400 g/mol. The van der Waals surface area contributed by atoms with Crippen LogP contribution in [0, 0.1) is 0 Å². The molecule has 1 saturated heterocycles. The van der Waals surface area contributed by atoms with Crippen LogP contribution in [0.25, 0.3) is 22.4 Å². The van der Waals surface area contributed by atoms with Crippen molar-refractivity contribution in [2.24, 2.45) is 0 Å². The molecule has 4 nitrogen and oxygen atoms in total. The molecule has 1 aliphatic heterocycles. The lowest BCUT2D eigenvalue weighted by Gasteiger charge is -2.31. The van der Waals surface area contributed by atoms with E-state index in [9.17, 15) is 0 Å². The molecule has 25 heavy (non-hydrogen) atoms. The molecule has 1 aliphatic rings. The molecule has 1 fully saturated rings. The third kappa shape index (κ3) is 3.78. The van der Waals surface area contributed by atoms with E-state index in [1.165, 1.54) is 5.56 Å². The summed E-state index contributed by atoms with van der Waals surface area (Å²) in [6.07, 6.45) is 2.26. The highest BCUT2D eigenvalue weighted by Crippen LogP contribution is 2.24. The largest absolute Gasteiger partial charge is 0.381 e. The van der Waals surface area contributed by atoms with Crippen LogP contribution in [-0.2, 0) is 11.3 Å². The number of nitrogens with one attached hydrogen (secondary N) is 1. The number of imidazole rings is 1. The van der Waals surface area contributed by atoms with Gasteiger partial charge in [0.2, 0.25) is 0 Å². The van der Waals surface area contributed by atoms with Crippen molar-refractivity contribution < 1.29 is 4.74 Å². The summed E-state index contributed by atoms with van der Waals surface area (Å²) in [6, 6.07) is 15.4. The van der Waals surface area contributed by atoms with Crippen molar-refractivity contribution in [1.29, 1.82) is 0 Å². The van der Waals surface area contributed by atoms with Crippen LogP contribution < -0.4 is 0 Å². The molecule has 0 unspecified atom stereocenters. The summed E-state index contributed by atoms with van der Waals surface area (Å²) in [6.45, 7) is 2.74. The van der Waals surface area contributed by atoms with E-state index in [0.717, 1.165) is 59.5 Å². The zero-order valence-electron chi connectivity index (χ0n) is 14.3. The molecule has 0 saturated carbocycles. The highest BCUT2D eigenvalue weighted by molar-refractivity contribution is 9.10. The number of rotatable bonds is 4.